The van der Waals surface area contributed by atoms with Crippen LogP contribution in [0.25, 0.3) is 0 Å². The Labute approximate surface area is 158 Å². The van der Waals surface area contributed by atoms with E-state index in [0.29, 0.717) is 23.8 Å². The van der Waals surface area contributed by atoms with Gasteiger partial charge in [0.15, 0.2) is 8.32 Å². The second-order valence-corrected chi connectivity index (χ2v) is 12.9. The molecule has 1 heterocycles. The second kappa shape index (κ2) is 8.47. The maximum Gasteiger partial charge on any atom is 0.223 e. The molecule has 0 radical (unpaired) electrons. The molecular weight excluding hydrogens is 354 g/mol. The molecule has 142 valence electrons. The molecule has 6 nitrogen and oxygen atoms in total. The van der Waals surface area contributed by atoms with Gasteiger partial charge in [0, 0.05) is 18.3 Å². The molecule has 0 unspecified atom stereocenters. The van der Waals surface area contributed by atoms with Crippen LogP contribution in [-0.4, -0.2) is 36.3 Å². The molecule has 1 fully saturated rings. The zero-order valence-electron chi connectivity index (χ0n) is 15.9. The fourth-order valence-electron chi connectivity index (χ4n) is 2.68. The number of amidine groups is 1. The van der Waals surface area contributed by atoms with Gasteiger partial charge in [-0.1, -0.05) is 20.8 Å². The highest BCUT2D eigenvalue weighted by Gasteiger charge is 2.39. The molecule has 0 aromatic carbocycles. The van der Waals surface area contributed by atoms with Crippen molar-refractivity contribution in [3.63, 3.8) is 0 Å². The van der Waals surface area contributed by atoms with Crippen molar-refractivity contribution in [3.8, 4) is 0 Å². The maximum absolute atomic E-state index is 7.46. The number of nitrogen functional groups attached to an aromatic ring is 1. The van der Waals surface area contributed by atoms with E-state index in [4.69, 9.17) is 15.6 Å². The number of nitrogens with one attached hydrogen (secondary N) is 2. The number of rotatable bonds is 5. The van der Waals surface area contributed by atoms with Crippen LogP contribution in [0.3, 0.4) is 0 Å². The molecule has 1 aromatic heterocycles. The average Bonchev–Trinajstić information content (AvgIpc) is 2.48. The van der Waals surface area contributed by atoms with Crippen LogP contribution < -0.4 is 11.1 Å². The van der Waals surface area contributed by atoms with Gasteiger partial charge >= 0.3 is 0 Å². The number of hydrogen-bond acceptors (Lipinski definition) is 5. The molecule has 0 atom stereocenters. The first-order valence-corrected chi connectivity index (χ1v) is 11.6. The van der Waals surface area contributed by atoms with E-state index in [9.17, 15) is 0 Å². The van der Waals surface area contributed by atoms with Crippen molar-refractivity contribution in [1.29, 1.82) is 5.41 Å². The summed E-state index contributed by atoms with van der Waals surface area (Å²) in [5.41, 5.74) is 5.94. The van der Waals surface area contributed by atoms with Crippen molar-refractivity contribution in [2.45, 2.75) is 76.7 Å². The summed E-state index contributed by atoms with van der Waals surface area (Å²) in [6.07, 6.45) is 6.24. The lowest BCUT2D eigenvalue weighted by Gasteiger charge is -2.41. The van der Waals surface area contributed by atoms with Crippen LogP contribution in [0.2, 0.25) is 18.1 Å². The summed E-state index contributed by atoms with van der Waals surface area (Å²) in [4.78, 5) is 8.51. The predicted molar refractivity (Wildman–Crippen MR) is 108 cm³/mol. The molecule has 1 aromatic rings. The van der Waals surface area contributed by atoms with Crippen LogP contribution >= 0.6 is 12.4 Å². The van der Waals surface area contributed by atoms with Gasteiger partial charge in [-0.15, -0.1) is 12.4 Å². The Kier molecular flexibility index (Phi) is 7.40. The van der Waals surface area contributed by atoms with E-state index in [1.165, 1.54) is 0 Å². The highest BCUT2D eigenvalue weighted by atomic mass is 35.5. The van der Waals surface area contributed by atoms with Gasteiger partial charge in [-0.3, -0.25) is 5.41 Å². The van der Waals surface area contributed by atoms with Gasteiger partial charge in [0.25, 0.3) is 0 Å². The number of aromatic nitrogens is 2. The number of hydrogen-bond donors (Lipinski definition) is 3. The van der Waals surface area contributed by atoms with Crippen molar-refractivity contribution in [1.82, 2.24) is 9.97 Å². The topological polar surface area (TPSA) is 96.9 Å². The van der Waals surface area contributed by atoms with Gasteiger partial charge in [0.2, 0.25) is 5.95 Å². The van der Waals surface area contributed by atoms with Crippen LogP contribution in [0.15, 0.2) is 12.3 Å². The van der Waals surface area contributed by atoms with Crippen LogP contribution in [0.1, 0.15) is 52.1 Å². The first kappa shape index (κ1) is 21.9. The van der Waals surface area contributed by atoms with Gasteiger partial charge in [0.05, 0.1) is 0 Å². The largest absolute Gasteiger partial charge is 0.414 e. The van der Waals surface area contributed by atoms with E-state index in [0.717, 1.165) is 25.7 Å². The molecule has 0 saturated heterocycles. The molecule has 0 spiro atoms. The zero-order chi connectivity index (χ0) is 18.0. The minimum absolute atomic E-state index is 0. The normalized spacial score (nSPS) is 21.3. The van der Waals surface area contributed by atoms with Gasteiger partial charge < -0.3 is 15.5 Å². The van der Waals surface area contributed by atoms with E-state index in [-0.39, 0.29) is 23.3 Å². The minimum Gasteiger partial charge on any atom is -0.414 e. The standard InChI is InChI=1S/C17H31N5OSi.ClH/c1-17(2,3)24(4,5)23-13-8-6-12(7-9-13)21-16-20-11-10-14(22-16)15(18)19;/h10-13H,6-9H2,1-5H3,(H3,18,19)(H,20,21,22);1H. The third kappa shape index (κ3) is 5.93. The van der Waals surface area contributed by atoms with Crippen molar-refractivity contribution in [2.24, 2.45) is 5.73 Å². The molecule has 25 heavy (non-hydrogen) atoms. The lowest BCUT2D eigenvalue weighted by Crippen LogP contribution is -2.45. The van der Waals surface area contributed by atoms with E-state index in [2.05, 4.69) is 49.1 Å². The van der Waals surface area contributed by atoms with Gasteiger partial charge in [0.1, 0.15) is 11.5 Å². The maximum atomic E-state index is 7.46. The lowest BCUT2D eigenvalue weighted by atomic mass is 9.93. The molecule has 1 aliphatic rings. The average molecular weight is 386 g/mol. The molecular formula is C17H32ClN5OSi. The Bertz CT molecular complexity index is 583. The number of anilines is 1. The molecule has 4 N–H and O–H groups in total. The molecule has 0 bridgehead atoms. The SMILES string of the molecule is CC(C)(C)[Si](C)(C)OC1CCC(Nc2nccc(C(=N)N)n2)CC1.Cl. The van der Waals surface area contributed by atoms with Crippen LogP contribution in [0.5, 0.6) is 0 Å². The van der Waals surface area contributed by atoms with E-state index < -0.39 is 8.32 Å². The smallest absolute Gasteiger partial charge is 0.223 e. The summed E-state index contributed by atoms with van der Waals surface area (Å²) in [6.45, 7) is 11.5. The summed E-state index contributed by atoms with van der Waals surface area (Å²) in [7, 11) is -1.69. The van der Waals surface area contributed by atoms with E-state index >= 15 is 0 Å². The van der Waals surface area contributed by atoms with Gasteiger partial charge in [-0.25, -0.2) is 9.97 Å². The molecule has 2 rings (SSSR count). The van der Waals surface area contributed by atoms with Crippen molar-refractivity contribution >= 4 is 32.5 Å². The summed E-state index contributed by atoms with van der Waals surface area (Å²) in [5.74, 6) is 0.517. The predicted octanol–water partition coefficient (Wildman–Crippen LogP) is 3.93. The lowest BCUT2D eigenvalue weighted by molar-refractivity contribution is 0.133. The quantitative estimate of drug-likeness (QED) is 0.405. The van der Waals surface area contributed by atoms with Gasteiger partial charge in [-0.05, 0) is 49.9 Å². The van der Waals surface area contributed by atoms with Crippen LogP contribution in [-0.2, 0) is 4.43 Å². The highest BCUT2D eigenvalue weighted by Crippen LogP contribution is 2.39. The number of nitrogens with zero attached hydrogens (tertiary/aromatic N) is 2. The summed E-state index contributed by atoms with van der Waals surface area (Å²) in [6, 6.07) is 2.00. The summed E-state index contributed by atoms with van der Waals surface area (Å²) >= 11 is 0. The van der Waals surface area contributed by atoms with Crippen LogP contribution in [0.4, 0.5) is 5.95 Å². The van der Waals surface area contributed by atoms with E-state index in [1.54, 1.807) is 12.3 Å². The summed E-state index contributed by atoms with van der Waals surface area (Å²) in [5, 5.41) is 11.1. The third-order valence-electron chi connectivity index (χ3n) is 5.21. The number of halogens is 1. The third-order valence-corrected chi connectivity index (χ3v) is 9.74. The Balaban J connectivity index is 0.00000312. The van der Waals surface area contributed by atoms with Crippen molar-refractivity contribution in [3.05, 3.63) is 18.0 Å². The zero-order valence-corrected chi connectivity index (χ0v) is 17.7. The van der Waals surface area contributed by atoms with Crippen molar-refractivity contribution in [2.75, 3.05) is 5.32 Å². The Hall–Kier alpha value is -1.18. The molecule has 0 amide bonds. The fourth-order valence-corrected chi connectivity index (χ4v) is 4.10. The Morgan fingerprint density at radius 1 is 1.28 bits per heavy atom. The van der Waals surface area contributed by atoms with E-state index in [1.807, 2.05) is 0 Å². The molecule has 1 saturated carbocycles. The fraction of sp³-hybridized carbons (Fsp3) is 0.706. The Morgan fingerprint density at radius 3 is 2.40 bits per heavy atom. The van der Waals surface area contributed by atoms with Crippen LogP contribution in [0, 0.1) is 5.41 Å². The van der Waals surface area contributed by atoms with Gasteiger partial charge in [-0.2, -0.15) is 0 Å². The molecule has 1 aliphatic carbocycles. The molecule has 0 aliphatic heterocycles. The number of nitrogens with two attached hydrogens (primary N) is 1. The first-order valence-electron chi connectivity index (χ1n) is 8.70. The first-order chi connectivity index (χ1) is 11.1. The summed E-state index contributed by atoms with van der Waals surface area (Å²) < 4.78 is 6.53. The Morgan fingerprint density at radius 2 is 1.88 bits per heavy atom. The minimum atomic E-state index is -1.69. The van der Waals surface area contributed by atoms with Crippen molar-refractivity contribution < 1.29 is 4.43 Å². The molecule has 8 heteroatoms. The monoisotopic (exact) mass is 385 g/mol. The second-order valence-electron chi connectivity index (χ2n) is 8.18. The highest BCUT2D eigenvalue weighted by molar-refractivity contribution is 6.74.